The number of carbonyl (C=O) groups is 2. The average Bonchev–Trinajstić information content (AvgIpc) is 3.24. The van der Waals surface area contributed by atoms with Gasteiger partial charge in [-0.3, -0.25) is 4.79 Å². The van der Waals surface area contributed by atoms with Crippen LogP contribution in [0.5, 0.6) is 17.2 Å². The van der Waals surface area contributed by atoms with Crippen molar-refractivity contribution in [1.29, 1.82) is 0 Å². The zero-order valence-corrected chi connectivity index (χ0v) is 19.3. The maximum atomic E-state index is 12.4. The molecule has 1 N–H and O–H groups in total. The highest BCUT2D eigenvalue weighted by atomic mass is 16.6. The van der Waals surface area contributed by atoms with Gasteiger partial charge in [-0.15, -0.1) is 0 Å². The van der Waals surface area contributed by atoms with E-state index in [4.69, 9.17) is 18.9 Å². The Labute approximate surface area is 202 Å². The summed E-state index contributed by atoms with van der Waals surface area (Å²) in [6.45, 7) is 2.05. The Balaban J connectivity index is 1.50. The highest BCUT2D eigenvalue weighted by Gasteiger charge is 2.26. The highest BCUT2D eigenvalue weighted by molar-refractivity contribution is 6.13. The number of nitrogens with zero attached hydrogens (tertiary/aromatic N) is 1. The predicted octanol–water partition coefficient (Wildman–Crippen LogP) is 4.46. The Morgan fingerprint density at radius 3 is 2.51 bits per heavy atom. The number of hydrogen-bond donors (Lipinski definition) is 1. The zero-order chi connectivity index (χ0) is 24.6. The summed E-state index contributed by atoms with van der Waals surface area (Å²) >= 11 is 0. The van der Waals surface area contributed by atoms with Gasteiger partial charge in [0.2, 0.25) is 5.90 Å². The van der Waals surface area contributed by atoms with E-state index in [1.165, 1.54) is 7.11 Å². The van der Waals surface area contributed by atoms with Crippen LogP contribution < -0.4 is 19.5 Å². The van der Waals surface area contributed by atoms with Gasteiger partial charge in [-0.2, -0.15) is 0 Å². The normalized spacial score (nSPS) is 13.7. The van der Waals surface area contributed by atoms with Gasteiger partial charge in [-0.05, 0) is 55.0 Å². The number of amides is 1. The summed E-state index contributed by atoms with van der Waals surface area (Å²) in [5, 5.41) is 2.76. The molecule has 1 amide bonds. The van der Waals surface area contributed by atoms with Crippen LogP contribution >= 0.6 is 0 Å². The first-order valence-corrected chi connectivity index (χ1v) is 11.0. The minimum atomic E-state index is -0.568. The van der Waals surface area contributed by atoms with E-state index in [2.05, 4.69) is 10.3 Å². The Hall–Kier alpha value is -4.59. The van der Waals surface area contributed by atoms with E-state index in [-0.39, 0.29) is 24.1 Å². The van der Waals surface area contributed by atoms with Crippen molar-refractivity contribution in [1.82, 2.24) is 0 Å². The standard InChI is InChI=1S/C27H24N2O6/c1-3-33-24-16-18(13-14-23(24)34-17-25(30)28-19-9-5-4-6-10-19)15-21-27(31)35-26(29-21)20-11-7-8-12-22(20)32-2/h4-16H,3,17H2,1-2H3,(H,28,30). The summed E-state index contributed by atoms with van der Waals surface area (Å²) in [5.74, 6) is 0.711. The quantitative estimate of drug-likeness (QED) is 0.365. The van der Waals surface area contributed by atoms with Gasteiger partial charge in [0.05, 0.1) is 19.3 Å². The largest absolute Gasteiger partial charge is 0.496 e. The van der Waals surface area contributed by atoms with Gasteiger partial charge in [0.1, 0.15) is 5.75 Å². The average molecular weight is 472 g/mol. The molecule has 3 aromatic carbocycles. The van der Waals surface area contributed by atoms with Crippen molar-refractivity contribution < 1.29 is 28.5 Å². The molecule has 0 aromatic heterocycles. The van der Waals surface area contributed by atoms with E-state index in [1.807, 2.05) is 37.3 Å². The molecule has 8 nitrogen and oxygen atoms in total. The Morgan fingerprint density at radius 1 is 0.971 bits per heavy atom. The van der Waals surface area contributed by atoms with Crippen molar-refractivity contribution in [2.24, 2.45) is 4.99 Å². The van der Waals surface area contributed by atoms with Crippen LogP contribution in [0, 0.1) is 0 Å². The van der Waals surface area contributed by atoms with Crippen LogP contribution in [-0.4, -0.2) is 38.1 Å². The van der Waals surface area contributed by atoms with Crippen molar-refractivity contribution in [2.75, 3.05) is 25.6 Å². The molecule has 0 radical (unpaired) electrons. The summed E-state index contributed by atoms with van der Waals surface area (Å²) in [5.41, 5.74) is 2.07. The van der Waals surface area contributed by atoms with Crippen LogP contribution in [0.2, 0.25) is 0 Å². The molecular weight excluding hydrogens is 448 g/mol. The molecule has 0 unspecified atom stereocenters. The number of rotatable bonds is 9. The highest BCUT2D eigenvalue weighted by Crippen LogP contribution is 2.31. The van der Waals surface area contributed by atoms with Crippen molar-refractivity contribution in [3.63, 3.8) is 0 Å². The molecule has 1 aliphatic rings. The Bertz CT molecular complexity index is 1280. The number of ether oxygens (including phenoxy) is 4. The third kappa shape index (κ3) is 5.86. The second-order valence-electron chi connectivity index (χ2n) is 7.38. The number of cyclic esters (lactones) is 1. The summed E-state index contributed by atoms with van der Waals surface area (Å²) in [6, 6.07) is 21.4. The first-order valence-electron chi connectivity index (χ1n) is 11.0. The van der Waals surface area contributed by atoms with Crippen LogP contribution in [0.25, 0.3) is 6.08 Å². The summed E-state index contributed by atoms with van der Waals surface area (Å²) < 4.78 is 22.0. The van der Waals surface area contributed by atoms with E-state index < -0.39 is 5.97 Å². The number of anilines is 1. The van der Waals surface area contributed by atoms with Gasteiger partial charge in [0.25, 0.3) is 5.91 Å². The number of benzene rings is 3. The van der Waals surface area contributed by atoms with Gasteiger partial charge in [-0.25, -0.2) is 9.79 Å². The zero-order valence-electron chi connectivity index (χ0n) is 19.3. The molecule has 0 atom stereocenters. The van der Waals surface area contributed by atoms with E-state index in [9.17, 15) is 9.59 Å². The first-order chi connectivity index (χ1) is 17.1. The molecular formula is C27H24N2O6. The molecule has 0 fully saturated rings. The van der Waals surface area contributed by atoms with E-state index in [1.54, 1.807) is 48.5 Å². The number of carbonyl (C=O) groups excluding carboxylic acids is 2. The topological polar surface area (TPSA) is 95.4 Å². The van der Waals surface area contributed by atoms with Gasteiger partial charge >= 0.3 is 5.97 Å². The lowest BCUT2D eigenvalue weighted by atomic mass is 10.1. The number of para-hydroxylation sites is 2. The van der Waals surface area contributed by atoms with Crippen LogP contribution in [0.3, 0.4) is 0 Å². The van der Waals surface area contributed by atoms with Crippen LogP contribution in [-0.2, 0) is 14.3 Å². The smallest absolute Gasteiger partial charge is 0.363 e. The van der Waals surface area contributed by atoms with Crippen LogP contribution in [0.1, 0.15) is 18.1 Å². The van der Waals surface area contributed by atoms with Crippen molar-refractivity contribution in [3.05, 3.63) is 89.6 Å². The van der Waals surface area contributed by atoms with E-state index >= 15 is 0 Å². The Kier molecular flexibility index (Phi) is 7.42. The van der Waals surface area contributed by atoms with Crippen molar-refractivity contribution in [3.8, 4) is 17.2 Å². The number of nitrogens with one attached hydrogen (secondary N) is 1. The number of esters is 1. The fourth-order valence-corrected chi connectivity index (χ4v) is 3.37. The molecule has 0 saturated carbocycles. The van der Waals surface area contributed by atoms with Gasteiger partial charge < -0.3 is 24.3 Å². The lowest BCUT2D eigenvalue weighted by molar-refractivity contribution is -0.130. The molecule has 178 valence electrons. The third-order valence-corrected chi connectivity index (χ3v) is 4.95. The van der Waals surface area contributed by atoms with Crippen LogP contribution in [0.4, 0.5) is 5.69 Å². The van der Waals surface area contributed by atoms with Crippen molar-refractivity contribution >= 4 is 29.5 Å². The SMILES string of the molecule is CCOc1cc(C=C2N=C(c3ccccc3OC)OC2=O)ccc1OCC(=O)Nc1ccccc1. The lowest BCUT2D eigenvalue weighted by Crippen LogP contribution is -2.20. The summed E-state index contributed by atoms with van der Waals surface area (Å²) in [4.78, 5) is 29.0. The van der Waals surface area contributed by atoms with E-state index in [0.29, 0.717) is 40.7 Å². The molecule has 8 heteroatoms. The summed E-state index contributed by atoms with van der Waals surface area (Å²) in [7, 11) is 1.54. The molecule has 0 spiro atoms. The Morgan fingerprint density at radius 2 is 1.74 bits per heavy atom. The lowest BCUT2D eigenvalue weighted by Gasteiger charge is -2.13. The fraction of sp³-hybridized carbons (Fsp3) is 0.148. The second kappa shape index (κ2) is 11.0. The number of methoxy groups -OCH3 is 1. The first kappa shape index (κ1) is 23.6. The van der Waals surface area contributed by atoms with E-state index in [0.717, 1.165) is 0 Å². The molecule has 1 aliphatic heterocycles. The maximum absolute atomic E-state index is 12.4. The van der Waals surface area contributed by atoms with Crippen LogP contribution in [0.15, 0.2) is 83.5 Å². The van der Waals surface area contributed by atoms with Crippen molar-refractivity contribution in [2.45, 2.75) is 6.92 Å². The van der Waals surface area contributed by atoms with Gasteiger partial charge in [0, 0.05) is 5.69 Å². The fourth-order valence-electron chi connectivity index (χ4n) is 3.37. The summed E-state index contributed by atoms with van der Waals surface area (Å²) in [6.07, 6.45) is 1.60. The third-order valence-electron chi connectivity index (χ3n) is 4.95. The molecule has 0 saturated heterocycles. The van der Waals surface area contributed by atoms with Gasteiger partial charge in [0.15, 0.2) is 23.8 Å². The molecule has 0 bridgehead atoms. The minimum Gasteiger partial charge on any atom is -0.496 e. The van der Waals surface area contributed by atoms with Gasteiger partial charge in [-0.1, -0.05) is 36.4 Å². The minimum absolute atomic E-state index is 0.143. The molecule has 1 heterocycles. The molecule has 3 aromatic rings. The second-order valence-corrected chi connectivity index (χ2v) is 7.38. The molecule has 0 aliphatic carbocycles. The molecule has 4 rings (SSSR count). The molecule has 35 heavy (non-hydrogen) atoms. The monoisotopic (exact) mass is 472 g/mol. The number of aliphatic imine (C=N–C) groups is 1. The predicted molar refractivity (Wildman–Crippen MR) is 132 cm³/mol. The maximum Gasteiger partial charge on any atom is 0.363 e. The number of hydrogen-bond acceptors (Lipinski definition) is 7.